The topological polar surface area (TPSA) is 81.7 Å². The van der Waals surface area contributed by atoms with Crippen molar-refractivity contribution in [1.29, 1.82) is 5.26 Å². The van der Waals surface area contributed by atoms with E-state index in [-0.39, 0.29) is 6.61 Å². The first-order valence-electron chi connectivity index (χ1n) is 10.2. The third-order valence-corrected chi connectivity index (χ3v) is 6.08. The monoisotopic (exact) mass is 390 g/mol. The van der Waals surface area contributed by atoms with Crippen molar-refractivity contribution in [2.24, 2.45) is 11.0 Å². The zero-order chi connectivity index (χ0) is 20.4. The van der Waals surface area contributed by atoms with Crippen molar-refractivity contribution in [1.82, 2.24) is 4.98 Å². The maximum Gasteiger partial charge on any atom is 0.219 e. The molecule has 1 aromatic heterocycles. The van der Waals surface area contributed by atoms with Gasteiger partial charge in [-0.3, -0.25) is 5.01 Å². The van der Waals surface area contributed by atoms with Gasteiger partial charge < -0.3 is 9.84 Å². The molecule has 0 radical (unpaired) electrons. The molecule has 1 aromatic carbocycles. The van der Waals surface area contributed by atoms with Gasteiger partial charge in [-0.2, -0.15) is 10.4 Å². The van der Waals surface area contributed by atoms with Crippen LogP contribution in [0.5, 0.6) is 5.88 Å². The molecular formula is C23H26N4O2. The number of aryl methyl sites for hydroxylation is 1. The van der Waals surface area contributed by atoms with Crippen LogP contribution in [0.15, 0.2) is 35.4 Å². The molecule has 6 heteroatoms. The predicted octanol–water partition coefficient (Wildman–Crippen LogP) is 3.94. The fourth-order valence-electron chi connectivity index (χ4n) is 4.49. The Morgan fingerprint density at radius 2 is 2.03 bits per heavy atom. The molecule has 2 heterocycles. The number of aliphatic hydroxyl groups is 1. The quantitative estimate of drug-likeness (QED) is 0.836. The van der Waals surface area contributed by atoms with Crippen LogP contribution in [0.2, 0.25) is 0 Å². The van der Waals surface area contributed by atoms with Gasteiger partial charge in [0.1, 0.15) is 0 Å². The molecule has 0 spiro atoms. The van der Waals surface area contributed by atoms with Crippen LogP contribution in [0.1, 0.15) is 54.5 Å². The molecule has 0 amide bonds. The van der Waals surface area contributed by atoms with Crippen LogP contribution in [0, 0.1) is 24.2 Å². The third-order valence-electron chi connectivity index (χ3n) is 6.08. The molecular weight excluding hydrogens is 364 g/mol. The summed E-state index contributed by atoms with van der Waals surface area (Å²) in [6, 6.07) is 12.2. The average Bonchev–Trinajstić information content (AvgIpc) is 3.43. The Balaban J connectivity index is 1.71. The van der Waals surface area contributed by atoms with Gasteiger partial charge in [0.2, 0.25) is 5.88 Å². The maximum atomic E-state index is 9.47. The summed E-state index contributed by atoms with van der Waals surface area (Å²) in [4.78, 5) is 4.60. The molecule has 0 saturated heterocycles. The van der Waals surface area contributed by atoms with Gasteiger partial charge in [0, 0.05) is 12.0 Å². The summed E-state index contributed by atoms with van der Waals surface area (Å²) in [7, 11) is 1.56. The molecule has 1 atom stereocenters. The van der Waals surface area contributed by atoms with Gasteiger partial charge >= 0.3 is 0 Å². The SMILES string of the molecule is COc1nc(C2=NN(c3ccc(C#N)c(C)c3)[C@@H](C3CCCC3)C2)ccc1CO. The smallest absolute Gasteiger partial charge is 0.219 e. The van der Waals surface area contributed by atoms with Crippen LogP contribution >= 0.6 is 0 Å². The lowest BCUT2D eigenvalue weighted by molar-refractivity contribution is 0.271. The van der Waals surface area contributed by atoms with Crippen LogP contribution in [0.4, 0.5) is 5.69 Å². The van der Waals surface area contributed by atoms with E-state index in [1.165, 1.54) is 25.7 Å². The highest BCUT2D eigenvalue weighted by molar-refractivity contribution is 6.01. The maximum absolute atomic E-state index is 9.47. The number of hydrogen-bond donors (Lipinski definition) is 1. The van der Waals surface area contributed by atoms with Crippen molar-refractivity contribution in [3.8, 4) is 11.9 Å². The van der Waals surface area contributed by atoms with Crippen molar-refractivity contribution in [3.05, 3.63) is 52.7 Å². The lowest BCUT2D eigenvalue weighted by atomic mass is 9.92. The molecule has 1 fully saturated rings. The Kier molecular flexibility index (Phi) is 5.50. The van der Waals surface area contributed by atoms with E-state index >= 15 is 0 Å². The van der Waals surface area contributed by atoms with E-state index < -0.39 is 0 Å². The fourth-order valence-corrected chi connectivity index (χ4v) is 4.49. The zero-order valence-corrected chi connectivity index (χ0v) is 16.9. The van der Waals surface area contributed by atoms with E-state index in [4.69, 9.17) is 9.84 Å². The number of benzene rings is 1. The molecule has 1 saturated carbocycles. The number of aliphatic hydroxyl groups excluding tert-OH is 1. The van der Waals surface area contributed by atoms with Crippen molar-refractivity contribution < 1.29 is 9.84 Å². The molecule has 4 rings (SSSR count). The number of hydrazone groups is 1. The highest BCUT2D eigenvalue weighted by atomic mass is 16.5. The minimum absolute atomic E-state index is 0.107. The lowest BCUT2D eigenvalue weighted by Gasteiger charge is -2.28. The molecule has 1 aliphatic heterocycles. The zero-order valence-electron chi connectivity index (χ0n) is 16.9. The van der Waals surface area contributed by atoms with Crippen LogP contribution < -0.4 is 9.75 Å². The molecule has 0 unspecified atom stereocenters. The molecule has 150 valence electrons. The van der Waals surface area contributed by atoms with Gasteiger partial charge in [-0.05, 0) is 61.6 Å². The van der Waals surface area contributed by atoms with Crippen molar-refractivity contribution in [2.45, 2.75) is 51.7 Å². The standard InChI is InChI=1S/C23H26N4O2/c1-15-11-19(9-7-17(15)13-24)27-22(16-5-3-4-6-16)12-21(26-27)20-10-8-18(14-28)23(25-20)29-2/h7-11,16,22,28H,3-6,12,14H2,1-2H3/t22-/m1/s1. The summed E-state index contributed by atoms with van der Waals surface area (Å²) < 4.78 is 5.35. The van der Waals surface area contributed by atoms with Crippen molar-refractivity contribution in [2.75, 3.05) is 12.1 Å². The number of anilines is 1. The summed E-state index contributed by atoms with van der Waals surface area (Å²) in [6.07, 6.45) is 5.82. The van der Waals surface area contributed by atoms with Gasteiger partial charge in [0.05, 0.1) is 48.5 Å². The number of rotatable bonds is 5. The Hall–Kier alpha value is -2.91. The van der Waals surface area contributed by atoms with E-state index in [2.05, 4.69) is 22.1 Å². The highest BCUT2D eigenvalue weighted by Crippen LogP contribution is 2.38. The second kappa shape index (κ2) is 8.22. The van der Waals surface area contributed by atoms with Gasteiger partial charge in [-0.25, -0.2) is 4.98 Å². The van der Waals surface area contributed by atoms with E-state index in [0.717, 1.165) is 29.1 Å². The van der Waals surface area contributed by atoms with Crippen LogP contribution in [0.3, 0.4) is 0 Å². The minimum Gasteiger partial charge on any atom is -0.481 e. The van der Waals surface area contributed by atoms with E-state index in [0.29, 0.717) is 29.0 Å². The summed E-state index contributed by atoms with van der Waals surface area (Å²) in [6.45, 7) is 1.86. The van der Waals surface area contributed by atoms with E-state index in [9.17, 15) is 10.4 Å². The number of pyridine rings is 1. The van der Waals surface area contributed by atoms with Crippen LogP contribution in [-0.4, -0.2) is 29.0 Å². The van der Waals surface area contributed by atoms with E-state index in [1.807, 2.05) is 31.2 Å². The van der Waals surface area contributed by atoms with Crippen molar-refractivity contribution >= 4 is 11.4 Å². The number of aromatic nitrogens is 1. The van der Waals surface area contributed by atoms with Gasteiger partial charge in [-0.15, -0.1) is 0 Å². The van der Waals surface area contributed by atoms with Gasteiger partial charge in [0.15, 0.2) is 0 Å². The fraction of sp³-hybridized carbons (Fsp3) is 0.435. The van der Waals surface area contributed by atoms with E-state index in [1.54, 1.807) is 7.11 Å². The molecule has 0 bridgehead atoms. The molecule has 6 nitrogen and oxygen atoms in total. The first kappa shape index (κ1) is 19.4. The second-order valence-corrected chi connectivity index (χ2v) is 7.84. The minimum atomic E-state index is -0.107. The molecule has 1 aliphatic carbocycles. The Labute approximate surface area is 171 Å². The van der Waals surface area contributed by atoms with Crippen LogP contribution in [0.25, 0.3) is 0 Å². The van der Waals surface area contributed by atoms with Crippen LogP contribution in [-0.2, 0) is 6.61 Å². The summed E-state index contributed by atoms with van der Waals surface area (Å²) in [5, 5.41) is 25.8. The Morgan fingerprint density at radius 3 is 2.69 bits per heavy atom. The third kappa shape index (κ3) is 3.70. The number of nitrogens with zero attached hydrogens (tertiary/aromatic N) is 4. The molecule has 2 aromatic rings. The highest BCUT2D eigenvalue weighted by Gasteiger charge is 2.36. The summed E-state index contributed by atoms with van der Waals surface area (Å²) in [5.41, 5.74) is 5.07. The normalized spacial score (nSPS) is 19.3. The number of methoxy groups -OCH3 is 1. The molecule has 29 heavy (non-hydrogen) atoms. The summed E-state index contributed by atoms with van der Waals surface area (Å²) in [5.74, 6) is 1.04. The predicted molar refractivity (Wildman–Crippen MR) is 112 cm³/mol. The first-order valence-corrected chi connectivity index (χ1v) is 10.2. The number of nitriles is 1. The average molecular weight is 390 g/mol. The first-order chi connectivity index (χ1) is 14.1. The largest absolute Gasteiger partial charge is 0.481 e. The lowest BCUT2D eigenvalue weighted by Crippen LogP contribution is -2.32. The molecule has 2 aliphatic rings. The van der Waals surface area contributed by atoms with Gasteiger partial charge in [0.25, 0.3) is 0 Å². The number of hydrogen-bond acceptors (Lipinski definition) is 6. The Morgan fingerprint density at radius 1 is 1.24 bits per heavy atom. The summed E-state index contributed by atoms with van der Waals surface area (Å²) >= 11 is 0. The molecule has 1 N–H and O–H groups in total. The second-order valence-electron chi connectivity index (χ2n) is 7.84. The Bertz CT molecular complexity index is 973. The van der Waals surface area contributed by atoms with Crippen molar-refractivity contribution in [3.63, 3.8) is 0 Å². The van der Waals surface area contributed by atoms with Gasteiger partial charge in [-0.1, -0.05) is 12.8 Å². The number of ether oxygens (including phenoxy) is 1.